The quantitative estimate of drug-likeness (QED) is 0.695. The van der Waals surface area contributed by atoms with E-state index < -0.39 is 12.4 Å². The van der Waals surface area contributed by atoms with Crippen molar-refractivity contribution in [1.82, 2.24) is 0 Å². The topological polar surface area (TPSA) is 55.5 Å². The molecule has 1 unspecified atom stereocenters. The second-order valence-corrected chi connectivity index (χ2v) is 2.38. The zero-order valence-electron chi connectivity index (χ0n) is 6.71. The molecule has 1 aromatic carbocycles. The highest BCUT2D eigenvalue weighted by atomic mass is 19.2. The predicted octanol–water partition coefficient (Wildman–Crippen LogP) is 0.909. The van der Waals surface area contributed by atoms with Crippen molar-refractivity contribution in [3.05, 3.63) is 29.6 Å². The second kappa shape index (κ2) is 4.15. The number of nitrogens with two attached hydrogens (primary N) is 1. The fourth-order valence-electron chi connectivity index (χ4n) is 0.870. The highest BCUT2D eigenvalue weighted by molar-refractivity contribution is 5.30. The molecule has 72 valence electrons. The van der Waals surface area contributed by atoms with Gasteiger partial charge in [0.2, 0.25) is 0 Å². The summed E-state index contributed by atoms with van der Waals surface area (Å²) in [5.41, 5.74) is 5.86. The van der Waals surface area contributed by atoms with Gasteiger partial charge in [0.15, 0.2) is 11.6 Å². The first-order valence-electron chi connectivity index (χ1n) is 3.61. The number of hydrogen-bond acceptors (Lipinski definition) is 3. The molecule has 5 heteroatoms. The summed E-state index contributed by atoms with van der Waals surface area (Å²) in [6, 6.07) is 3.78. The Morgan fingerprint density at radius 2 is 2.23 bits per heavy atom. The summed E-state index contributed by atoms with van der Waals surface area (Å²) in [5, 5.41) is 8.21. The monoisotopic (exact) mass is 189 g/mol. The lowest BCUT2D eigenvalue weighted by molar-refractivity contribution is -0.121. The molecule has 0 saturated carbocycles. The molecular weight excluding hydrogens is 180 g/mol. The number of halogens is 2. The second-order valence-electron chi connectivity index (χ2n) is 2.38. The molecule has 13 heavy (non-hydrogen) atoms. The molecular formula is C8H9F2NO2. The lowest BCUT2D eigenvalue weighted by Gasteiger charge is -2.07. The van der Waals surface area contributed by atoms with Crippen LogP contribution in [0.4, 0.5) is 8.78 Å². The lowest BCUT2D eigenvalue weighted by atomic mass is 10.2. The molecule has 1 aromatic rings. The van der Waals surface area contributed by atoms with Gasteiger partial charge in [-0.25, -0.2) is 4.39 Å². The molecule has 1 atom stereocenters. The maximum atomic E-state index is 12.8. The molecule has 0 spiro atoms. The van der Waals surface area contributed by atoms with Crippen LogP contribution in [0.5, 0.6) is 5.75 Å². The van der Waals surface area contributed by atoms with Crippen molar-refractivity contribution in [3.8, 4) is 5.75 Å². The number of rotatable bonds is 3. The first-order chi connectivity index (χ1) is 6.13. The van der Waals surface area contributed by atoms with Crippen LogP contribution < -0.4 is 10.5 Å². The average molecular weight is 189 g/mol. The highest BCUT2D eigenvalue weighted by Crippen LogP contribution is 2.19. The normalized spacial score (nSPS) is 12.6. The van der Waals surface area contributed by atoms with Crippen LogP contribution in [0.3, 0.4) is 0 Å². The first-order valence-corrected chi connectivity index (χ1v) is 3.61. The van der Waals surface area contributed by atoms with Gasteiger partial charge in [-0.1, -0.05) is 6.07 Å². The number of benzene rings is 1. The van der Waals surface area contributed by atoms with Gasteiger partial charge in [0.05, 0.1) is 0 Å². The van der Waals surface area contributed by atoms with Gasteiger partial charge in [0.25, 0.3) is 0 Å². The van der Waals surface area contributed by atoms with Crippen molar-refractivity contribution < 1.29 is 18.6 Å². The van der Waals surface area contributed by atoms with E-state index in [1.807, 2.05) is 0 Å². The van der Waals surface area contributed by atoms with Crippen LogP contribution in [0, 0.1) is 5.82 Å². The Morgan fingerprint density at radius 1 is 1.54 bits per heavy atom. The van der Waals surface area contributed by atoms with Crippen LogP contribution >= 0.6 is 0 Å². The molecule has 0 aliphatic rings. The van der Waals surface area contributed by atoms with E-state index in [0.717, 1.165) is 6.07 Å². The fourth-order valence-corrected chi connectivity index (χ4v) is 0.870. The molecule has 0 heterocycles. The van der Waals surface area contributed by atoms with Crippen molar-refractivity contribution in [2.24, 2.45) is 5.73 Å². The molecule has 0 radical (unpaired) electrons. The van der Waals surface area contributed by atoms with E-state index >= 15 is 0 Å². The Bertz CT molecular complexity index is 291. The smallest absolute Gasteiger partial charge is 0.350 e. The van der Waals surface area contributed by atoms with Crippen LogP contribution in [-0.4, -0.2) is 11.7 Å². The largest absolute Gasteiger partial charge is 0.435 e. The van der Waals surface area contributed by atoms with Crippen molar-refractivity contribution in [3.63, 3.8) is 0 Å². The lowest BCUT2D eigenvalue weighted by Crippen LogP contribution is -2.09. The van der Waals surface area contributed by atoms with Gasteiger partial charge in [-0.05, 0) is 17.7 Å². The summed E-state index contributed by atoms with van der Waals surface area (Å²) in [5.74, 6) is -1.09. The number of ether oxygens (including phenoxy) is 1. The van der Waals surface area contributed by atoms with Gasteiger partial charge in [0, 0.05) is 6.54 Å². The van der Waals surface area contributed by atoms with E-state index in [2.05, 4.69) is 4.74 Å². The fraction of sp³-hybridized carbons (Fsp3) is 0.250. The summed E-state index contributed by atoms with van der Waals surface area (Å²) < 4.78 is 28.9. The summed E-state index contributed by atoms with van der Waals surface area (Å²) in [7, 11) is 0. The number of aliphatic hydroxyl groups is 1. The van der Waals surface area contributed by atoms with Crippen LogP contribution in [0.2, 0.25) is 0 Å². The molecule has 0 bridgehead atoms. The van der Waals surface area contributed by atoms with Gasteiger partial charge in [-0.2, -0.15) is 4.39 Å². The maximum Gasteiger partial charge on any atom is 0.350 e. The van der Waals surface area contributed by atoms with Crippen molar-refractivity contribution in [2.75, 3.05) is 0 Å². The number of hydrogen-bond donors (Lipinski definition) is 2. The van der Waals surface area contributed by atoms with E-state index in [1.54, 1.807) is 0 Å². The Labute approximate surface area is 73.7 Å². The maximum absolute atomic E-state index is 12.8. The molecule has 0 amide bonds. The Hall–Kier alpha value is -1.20. The van der Waals surface area contributed by atoms with Gasteiger partial charge < -0.3 is 15.6 Å². The Balaban J connectivity index is 2.90. The van der Waals surface area contributed by atoms with Gasteiger partial charge >= 0.3 is 6.54 Å². The minimum atomic E-state index is -2.53. The van der Waals surface area contributed by atoms with E-state index in [-0.39, 0.29) is 12.3 Å². The SMILES string of the molecule is NCc1ccc(F)c(OC(O)F)c1. The van der Waals surface area contributed by atoms with Crippen molar-refractivity contribution >= 4 is 0 Å². The number of aliphatic hydroxyl groups excluding tert-OH is 1. The molecule has 0 aliphatic carbocycles. The zero-order chi connectivity index (χ0) is 9.84. The van der Waals surface area contributed by atoms with Crippen molar-refractivity contribution in [1.29, 1.82) is 0 Å². The van der Waals surface area contributed by atoms with E-state index in [0.29, 0.717) is 5.56 Å². The molecule has 0 aromatic heterocycles. The molecule has 0 saturated heterocycles. The third kappa shape index (κ3) is 2.64. The molecule has 0 aliphatic heterocycles. The summed E-state index contributed by atoms with van der Waals surface area (Å²) in [6.07, 6.45) is 0. The highest BCUT2D eigenvalue weighted by Gasteiger charge is 2.08. The minimum absolute atomic E-state index is 0.193. The Kier molecular flexibility index (Phi) is 3.16. The van der Waals surface area contributed by atoms with Crippen LogP contribution in [0.25, 0.3) is 0 Å². The van der Waals surface area contributed by atoms with Gasteiger partial charge in [0.1, 0.15) is 0 Å². The molecule has 1 rings (SSSR count). The third-order valence-corrected chi connectivity index (χ3v) is 1.46. The van der Waals surface area contributed by atoms with Crippen LogP contribution in [-0.2, 0) is 6.54 Å². The van der Waals surface area contributed by atoms with Crippen molar-refractivity contribution in [2.45, 2.75) is 13.1 Å². The van der Waals surface area contributed by atoms with Gasteiger partial charge in [-0.3, -0.25) is 0 Å². The van der Waals surface area contributed by atoms with E-state index in [9.17, 15) is 8.78 Å². The average Bonchev–Trinajstić information content (AvgIpc) is 2.08. The van der Waals surface area contributed by atoms with Crippen LogP contribution in [0.1, 0.15) is 5.56 Å². The third-order valence-electron chi connectivity index (χ3n) is 1.46. The standard InChI is InChI=1S/C8H9F2NO2/c9-6-2-1-5(4-11)3-7(6)13-8(10)12/h1-3,8,12H,4,11H2. The van der Waals surface area contributed by atoms with E-state index in [1.165, 1.54) is 12.1 Å². The summed E-state index contributed by atoms with van der Waals surface area (Å²) >= 11 is 0. The molecule has 3 nitrogen and oxygen atoms in total. The summed E-state index contributed by atoms with van der Waals surface area (Å²) in [4.78, 5) is 0. The summed E-state index contributed by atoms with van der Waals surface area (Å²) in [6.45, 7) is -2.33. The van der Waals surface area contributed by atoms with Crippen LogP contribution in [0.15, 0.2) is 18.2 Å². The van der Waals surface area contributed by atoms with E-state index in [4.69, 9.17) is 10.8 Å². The minimum Gasteiger partial charge on any atom is -0.435 e. The van der Waals surface area contributed by atoms with Gasteiger partial charge in [-0.15, -0.1) is 0 Å². The molecule has 3 N–H and O–H groups in total. The molecule has 0 fully saturated rings. The first kappa shape index (κ1) is 9.88. The zero-order valence-corrected chi connectivity index (χ0v) is 6.71. The number of alkyl halides is 1. The predicted molar refractivity (Wildman–Crippen MR) is 42.0 cm³/mol. The Morgan fingerprint density at radius 3 is 2.77 bits per heavy atom.